The molecule has 0 saturated carbocycles. The predicted octanol–water partition coefficient (Wildman–Crippen LogP) is 10.3. The molecule has 0 spiro atoms. The molecule has 198 valence electrons. The van der Waals surface area contributed by atoms with Crippen LogP contribution in [0.2, 0.25) is 0 Å². The molecule has 0 unspecified atom stereocenters. The Morgan fingerprint density at radius 2 is 1.12 bits per heavy atom. The minimum atomic E-state index is -0.146. The molecule has 2 heteroatoms. The Morgan fingerprint density at radius 1 is 0.561 bits per heavy atom. The molecule has 0 N–H and O–H groups in total. The van der Waals surface area contributed by atoms with Gasteiger partial charge in [-0.15, -0.1) is 0 Å². The minimum absolute atomic E-state index is 0.146. The van der Waals surface area contributed by atoms with Crippen LogP contribution in [0.25, 0.3) is 49.4 Å². The highest BCUT2D eigenvalue weighted by Gasteiger charge is 2.38. The summed E-state index contributed by atoms with van der Waals surface area (Å²) in [6.45, 7) is 6.91. The van der Waals surface area contributed by atoms with Crippen LogP contribution in [-0.4, -0.2) is 11.6 Å². The monoisotopic (exact) mass is 528 g/mol. The van der Waals surface area contributed by atoms with Crippen molar-refractivity contribution in [1.82, 2.24) is 4.57 Å². The number of rotatable bonds is 3. The van der Waals surface area contributed by atoms with Gasteiger partial charge in [-0.1, -0.05) is 98.3 Å². The Balaban J connectivity index is 1.38. The van der Waals surface area contributed by atoms with Gasteiger partial charge in [-0.2, -0.15) is 0 Å². The molecule has 0 amide bonds. The third kappa shape index (κ3) is 3.37. The van der Waals surface area contributed by atoms with Crippen LogP contribution >= 0.6 is 0 Å². The normalized spacial score (nSPS) is 13.6. The molecular weight excluding hydrogens is 496 g/mol. The van der Waals surface area contributed by atoms with E-state index in [2.05, 4.69) is 159 Å². The van der Waals surface area contributed by atoms with Crippen LogP contribution in [0.4, 0.5) is 11.4 Å². The van der Waals surface area contributed by atoms with Gasteiger partial charge in [0.05, 0.1) is 16.7 Å². The molecule has 1 aliphatic rings. The zero-order valence-electron chi connectivity index (χ0n) is 23.9. The number of nitrogens with zero attached hydrogens (tertiary/aromatic N) is 2. The average Bonchev–Trinajstić information content (AvgIpc) is 3.45. The lowest BCUT2D eigenvalue weighted by Crippen LogP contribution is -2.17. The van der Waals surface area contributed by atoms with Crippen molar-refractivity contribution in [2.75, 3.05) is 11.9 Å². The fourth-order valence-corrected chi connectivity index (χ4v) is 7.04. The Labute approximate surface area is 241 Å². The summed E-state index contributed by atoms with van der Waals surface area (Å²) in [7, 11) is 2.16. The molecule has 0 bridgehead atoms. The van der Waals surface area contributed by atoms with Crippen molar-refractivity contribution >= 4 is 44.0 Å². The summed E-state index contributed by atoms with van der Waals surface area (Å²) < 4.78 is 2.48. The molecule has 7 aromatic rings. The minimum Gasteiger partial charge on any atom is -0.345 e. The summed E-state index contributed by atoms with van der Waals surface area (Å²) in [5.74, 6) is 0. The van der Waals surface area contributed by atoms with Crippen LogP contribution in [0.15, 0.2) is 121 Å². The molecular formula is C39H32N2. The van der Waals surface area contributed by atoms with Crippen LogP contribution in [0.3, 0.4) is 0 Å². The van der Waals surface area contributed by atoms with E-state index in [0.29, 0.717) is 0 Å². The zero-order chi connectivity index (χ0) is 27.9. The number of aryl methyl sites for hydroxylation is 1. The van der Waals surface area contributed by atoms with Crippen LogP contribution in [0.1, 0.15) is 30.5 Å². The summed E-state index contributed by atoms with van der Waals surface area (Å²) in [5.41, 5.74) is 12.8. The molecule has 41 heavy (non-hydrogen) atoms. The van der Waals surface area contributed by atoms with Gasteiger partial charge in [-0.25, -0.2) is 0 Å². The van der Waals surface area contributed by atoms with E-state index in [-0.39, 0.29) is 5.41 Å². The van der Waals surface area contributed by atoms with E-state index in [1.54, 1.807) is 0 Å². The van der Waals surface area contributed by atoms with Crippen molar-refractivity contribution in [3.63, 3.8) is 0 Å². The Bertz CT molecular complexity index is 2090. The number of anilines is 2. The first-order valence-electron chi connectivity index (χ1n) is 14.4. The highest BCUT2D eigenvalue weighted by atomic mass is 15.1. The quantitative estimate of drug-likeness (QED) is 0.221. The maximum Gasteiger partial charge on any atom is 0.0544 e. The van der Waals surface area contributed by atoms with Gasteiger partial charge in [-0.05, 0) is 77.0 Å². The van der Waals surface area contributed by atoms with Crippen molar-refractivity contribution in [1.29, 1.82) is 0 Å². The van der Waals surface area contributed by atoms with E-state index in [4.69, 9.17) is 0 Å². The Kier molecular flexibility index (Phi) is 5.03. The summed E-state index contributed by atoms with van der Waals surface area (Å²) in [6.07, 6.45) is 0. The van der Waals surface area contributed by atoms with Crippen LogP contribution in [0.5, 0.6) is 0 Å². The smallest absolute Gasteiger partial charge is 0.0544 e. The predicted molar refractivity (Wildman–Crippen MR) is 175 cm³/mol. The molecule has 1 aromatic heterocycles. The molecule has 1 aliphatic carbocycles. The highest BCUT2D eigenvalue weighted by molar-refractivity contribution is 6.12. The molecule has 2 nitrogen and oxygen atoms in total. The van der Waals surface area contributed by atoms with Gasteiger partial charge in [-0.3, -0.25) is 0 Å². The molecule has 0 radical (unpaired) electrons. The molecule has 0 aliphatic heterocycles. The van der Waals surface area contributed by atoms with Gasteiger partial charge in [0.25, 0.3) is 0 Å². The standard InChI is InChI=1S/C39H32N2/c1-25-17-19-26(20-18-25)40(4)27-21-22-32-33(23-27)39(2,3)34-24-37(30-13-5-6-14-31(30)38(32)34)41-35-15-9-7-11-28(35)29-12-8-10-16-36(29)41/h5-24H,1-4H3. The van der Waals surface area contributed by atoms with E-state index in [1.165, 1.54) is 77.5 Å². The number of aromatic nitrogens is 1. The molecule has 1 heterocycles. The van der Waals surface area contributed by atoms with E-state index in [9.17, 15) is 0 Å². The molecule has 0 atom stereocenters. The van der Waals surface area contributed by atoms with Gasteiger partial charge in [0.15, 0.2) is 0 Å². The maximum atomic E-state index is 2.48. The summed E-state index contributed by atoms with van der Waals surface area (Å²) in [6, 6.07) is 44.8. The van der Waals surface area contributed by atoms with Crippen molar-refractivity contribution in [3.05, 3.63) is 138 Å². The first-order valence-corrected chi connectivity index (χ1v) is 14.4. The number of hydrogen-bond donors (Lipinski definition) is 0. The lowest BCUT2D eigenvalue weighted by Gasteiger charge is -2.25. The first-order chi connectivity index (χ1) is 19.9. The lowest BCUT2D eigenvalue weighted by molar-refractivity contribution is 0.660. The number of hydrogen-bond acceptors (Lipinski definition) is 1. The average molecular weight is 529 g/mol. The molecule has 0 saturated heterocycles. The second-order valence-electron chi connectivity index (χ2n) is 12.0. The third-order valence-electron chi connectivity index (χ3n) is 9.27. The SMILES string of the molecule is Cc1ccc(N(C)c2ccc3c(c2)C(C)(C)c2cc(-n4c5ccccc5c5ccccc54)c4ccccc4c2-3)cc1. The van der Waals surface area contributed by atoms with E-state index < -0.39 is 0 Å². The third-order valence-corrected chi connectivity index (χ3v) is 9.27. The van der Waals surface area contributed by atoms with Crippen LogP contribution in [0, 0.1) is 6.92 Å². The van der Waals surface area contributed by atoms with Crippen molar-refractivity contribution in [2.24, 2.45) is 0 Å². The van der Waals surface area contributed by atoms with Gasteiger partial charge >= 0.3 is 0 Å². The molecule has 6 aromatic carbocycles. The second kappa shape index (κ2) is 8.59. The summed E-state index contributed by atoms with van der Waals surface area (Å²) >= 11 is 0. The number of para-hydroxylation sites is 2. The Morgan fingerprint density at radius 3 is 1.78 bits per heavy atom. The van der Waals surface area contributed by atoms with E-state index in [1.807, 2.05) is 0 Å². The van der Waals surface area contributed by atoms with E-state index in [0.717, 1.165) is 0 Å². The first kappa shape index (κ1) is 24.0. The maximum absolute atomic E-state index is 2.48. The Hall–Kier alpha value is -4.82. The second-order valence-corrected chi connectivity index (χ2v) is 12.0. The molecule has 8 rings (SSSR count). The number of benzene rings is 6. The van der Waals surface area contributed by atoms with Crippen molar-refractivity contribution < 1.29 is 0 Å². The molecule has 0 fully saturated rings. The fraction of sp³-hybridized carbons (Fsp3) is 0.128. The van der Waals surface area contributed by atoms with Crippen LogP contribution in [-0.2, 0) is 5.41 Å². The van der Waals surface area contributed by atoms with Crippen LogP contribution < -0.4 is 4.90 Å². The fourth-order valence-electron chi connectivity index (χ4n) is 7.04. The highest BCUT2D eigenvalue weighted by Crippen LogP contribution is 2.54. The van der Waals surface area contributed by atoms with Crippen molar-refractivity contribution in [2.45, 2.75) is 26.2 Å². The lowest BCUT2D eigenvalue weighted by atomic mass is 9.81. The number of fused-ring (bicyclic) bond motifs is 8. The topological polar surface area (TPSA) is 8.17 Å². The van der Waals surface area contributed by atoms with Crippen molar-refractivity contribution in [3.8, 4) is 16.8 Å². The largest absolute Gasteiger partial charge is 0.345 e. The summed E-state index contributed by atoms with van der Waals surface area (Å²) in [4.78, 5) is 2.29. The van der Waals surface area contributed by atoms with Gasteiger partial charge < -0.3 is 9.47 Å². The zero-order valence-corrected chi connectivity index (χ0v) is 23.9. The van der Waals surface area contributed by atoms with Gasteiger partial charge in [0.2, 0.25) is 0 Å². The van der Waals surface area contributed by atoms with Gasteiger partial charge in [0.1, 0.15) is 0 Å². The summed E-state index contributed by atoms with van der Waals surface area (Å²) in [5, 5.41) is 5.17. The van der Waals surface area contributed by atoms with E-state index >= 15 is 0 Å². The van der Waals surface area contributed by atoms with Gasteiger partial charge in [0, 0.05) is 40.0 Å².